The number of ether oxygens (including phenoxy) is 1. The highest BCUT2D eigenvalue weighted by molar-refractivity contribution is 5.58. The van der Waals surface area contributed by atoms with E-state index >= 15 is 0 Å². The quantitative estimate of drug-likeness (QED) is 0.630. The van der Waals surface area contributed by atoms with E-state index in [1.165, 1.54) is 26.0 Å². The molecule has 1 aromatic rings. The minimum Gasteiger partial charge on any atom is -0.490 e. The highest BCUT2D eigenvalue weighted by Crippen LogP contribution is 2.29. The fourth-order valence-corrected chi connectivity index (χ4v) is 2.28. The van der Waals surface area contributed by atoms with Crippen LogP contribution < -0.4 is 15.4 Å². The molecule has 0 amide bonds. The Balaban J connectivity index is 1.98. The topological polar surface area (TPSA) is 76.4 Å². The van der Waals surface area contributed by atoms with Crippen LogP contribution in [0.4, 0.5) is 11.4 Å². The molecule has 1 atom stereocenters. The van der Waals surface area contributed by atoms with Crippen LogP contribution in [0.25, 0.3) is 0 Å². The van der Waals surface area contributed by atoms with Crippen molar-refractivity contribution < 1.29 is 9.66 Å². The van der Waals surface area contributed by atoms with E-state index in [9.17, 15) is 10.1 Å². The van der Waals surface area contributed by atoms with Gasteiger partial charge in [-0.3, -0.25) is 10.1 Å². The first-order valence-corrected chi connectivity index (χ1v) is 6.50. The van der Waals surface area contributed by atoms with Gasteiger partial charge in [-0.2, -0.15) is 0 Å². The zero-order chi connectivity index (χ0) is 13.7. The number of hydrogen-bond donors (Lipinski definition) is 2. The lowest BCUT2D eigenvalue weighted by Crippen LogP contribution is -2.39. The van der Waals surface area contributed by atoms with Gasteiger partial charge in [-0.1, -0.05) is 6.42 Å². The maximum Gasteiger partial charge on any atom is 0.311 e. The Kier molecular flexibility index (Phi) is 4.57. The Morgan fingerprint density at radius 2 is 2.37 bits per heavy atom. The number of piperidine rings is 1. The standard InChI is InChI=1S/C13H19N3O3/c1-19-13-8-10(5-6-12(13)16(17)18)15-9-11-4-2-3-7-14-11/h5-6,8,11,14-15H,2-4,7,9H2,1H3. The van der Waals surface area contributed by atoms with Gasteiger partial charge in [-0.15, -0.1) is 0 Å². The van der Waals surface area contributed by atoms with Crippen LogP contribution in [-0.4, -0.2) is 31.2 Å². The van der Waals surface area contributed by atoms with Gasteiger partial charge in [0.05, 0.1) is 12.0 Å². The van der Waals surface area contributed by atoms with E-state index in [1.807, 2.05) is 0 Å². The highest BCUT2D eigenvalue weighted by atomic mass is 16.6. The van der Waals surface area contributed by atoms with Gasteiger partial charge in [-0.05, 0) is 25.5 Å². The number of rotatable bonds is 5. The molecular weight excluding hydrogens is 246 g/mol. The van der Waals surface area contributed by atoms with Gasteiger partial charge < -0.3 is 15.4 Å². The first-order valence-electron chi connectivity index (χ1n) is 6.50. The molecule has 6 heteroatoms. The third kappa shape index (κ3) is 3.57. The van der Waals surface area contributed by atoms with Gasteiger partial charge in [0, 0.05) is 30.4 Å². The van der Waals surface area contributed by atoms with Crippen molar-refractivity contribution in [3.05, 3.63) is 28.3 Å². The molecule has 1 saturated heterocycles. The summed E-state index contributed by atoms with van der Waals surface area (Å²) in [5.74, 6) is 0.284. The van der Waals surface area contributed by atoms with Gasteiger partial charge in [0.25, 0.3) is 0 Å². The lowest BCUT2D eigenvalue weighted by molar-refractivity contribution is -0.385. The smallest absolute Gasteiger partial charge is 0.311 e. The third-order valence-electron chi connectivity index (χ3n) is 3.34. The van der Waals surface area contributed by atoms with E-state index < -0.39 is 4.92 Å². The van der Waals surface area contributed by atoms with Crippen molar-refractivity contribution >= 4 is 11.4 Å². The lowest BCUT2D eigenvalue weighted by Gasteiger charge is -2.24. The fourth-order valence-electron chi connectivity index (χ4n) is 2.28. The van der Waals surface area contributed by atoms with E-state index in [4.69, 9.17) is 4.74 Å². The van der Waals surface area contributed by atoms with Gasteiger partial charge in [0.2, 0.25) is 0 Å². The van der Waals surface area contributed by atoms with Crippen LogP contribution in [0.15, 0.2) is 18.2 Å². The lowest BCUT2D eigenvalue weighted by atomic mass is 10.1. The zero-order valence-corrected chi connectivity index (χ0v) is 11.0. The molecule has 1 fully saturated rings. The Morgan fingerprint density at radius 1 is 1.53 bits per heavy atom. The number of anilines is 1. The van der Waals surface area contributed by atoms with Crippen LogP contribution in [0.5, 0.6) is 5.75 Å². The Bertz CT molecular complexity index is 445. The predicted octanol–water partition coefficient (Wildman–Crippen LogP) is 2.16. The van der Waals surface area contributed by atoms with Crippen molar-refractivity contribution in [2.45, 2.75) is 25.3 Å². The number of nitrogens with zero attached hydrogens (tertiary/aromatic N) is 1. The minimum absolute atomic E-state index is 0.0103. The van der Waals surface area contributed by atoms with Crippen molar-refractivity contribution in [3.63, 3.8) is 0 Å². The second kappa shape index (κ2) is 6.38. The molecule has 0 saturated carbocycles. The summed E-state index contributed by atoms with van der Waals surface area (Å²) >= 11 is 0. The molecule has 0 aliphatic carbocycles. The van der Waals surface area contributed by atoms with Gasteiger partial charge in [0.1, 0.15) is 0 Å². The summed E-state index contributed by atoms with van der Waals surface area (Å²) < 4.78 is 5.04. The zero-order valence-electron chi connectivity index (χ0n) is 11.0. The fraction of sp³-hybridized carbons (Fsp3) is 0.538. The summed E-state index contributed by atoms with van der Waals surface area (Å²) in [4.78, 5) is 10.4. The molecule has 1 unspecified atom stereocenters. The first-order chi connectivity index (χ1) is 9.20. The minimum atomic E-state index is -0.439. The predicted molar refractivity (Wildman–Crippen MR) is 73.8 cm³/mol. The van der Waals surface area contributed by atoms with E-state index in [2.05, 4.69) is 10.6 Å². The molecule has 0 spiro atoms. The van der Waals surface area contributed by atoms with Crippen molar-refractivity contribution in [2.75, 3.05) is 25.5 Å². The Hall–Kier alpha value is -1.82. The first kappa shape index (κ1) is 13.6. The summed E-state index contributed by atoms with van der Waals surface area (Å²) in [6.45, 7) is 1.89. The Labute approximate surface area is 112 Å². The Morgan fingerprint density at radius 3 is 3.00 bits per heavy atom. The monoisotopic (exact) mass is 265 g/mol. The van der Waals surface area contributed by atoms with E-state index in [0.717, 1.165) is 25.2 Å². The molecule has 0 radical (unpaired) electrons. The maximum absolute atomic E-state index is 10.8. The molecule has 1 aromatic carbocycles. The number of nitrogens with one attached hydrogen (secondary N) is 2. The molecule has 2 N–H and O–H groups in total. The number of methoxy groups -OCH3 is 1. The molecular formula is C13H19N3O3. The SMILES string of the molecule is COc1cc(NCC2CCCCN2)ccc1[N+](=O)[O-]. The number of benzene rings is 1. The van der Waals surface area contributed by atoms with Crippen molar-refractivity contribution in [1.29, 1.82) is 0 Å². The van der Waals surface area contributed by atoms with Crippen LogP contribution in [0, 0.1) is 10.1 Å². The van der Waals surface area contributed by atoms with E-state index in [1.54, 1.807) is 12.1 Å². The average Bonchev–Trinajstić information content (AvgIpc) is 2.45. The van der Waals surface area contributed by atoms with Crippen LogP contribution in [-0.2, 0) is 0 Å². The maximum atomic E-state index is 10.8. The molecule has 2 rings (SSSR count). The summed E-state index contributed by atoms with van der Waals surface area (Å²) in [6.07, 6.45) is 3.65. The molecule has 0 aromatic heterocycles. The van der Waals surface area contributed by atoms with Gasteiger partial charge >= 0.3 is 5.69 Å². The van der Waals surface area contributed by atoms with Gasteiger partial charge in [0.15, 0.2) is 5.75 Å². The van der Waals surface area contributed by atoms with Crippen molar-refractivity contribution in [3.8, 4) is 5.75 Å². The second-order valence-corrected chi connectivity index (χ2v) is 4.67. The molecule has 1 heterocycles. The van der Waals surface area contributed by atoms with Gasteiger partial charge in [-0.25, -0.2) is 0 Å². The molecule has 1 aliphatic rings. The number of nitro groups is 1. The van der Waals surface area contributed by atoms with Crippen molar-refractivity contribution in [2.24, 2.45) is 0 Å². The third-order valence-corrected chi connectivity index (χ3v) is 3.34. The number of hydrogen-bond acceptors (Lipinski definition) is 5. The van der Waals surface area contributed by atoms with E-state index in [0.29, 0.717) is 6.04 Å². The molecule has 1 aliphatic heterocycles. The second-order valence-electron chi connectivity index (χ2n) is 4.67. The molecule has 19 heavy (non-hydrogen) atoms. The summed E-state index contributed by atoms with van der Waals surface area (Å²) in [7, 11) is 1.44. The normalized spacial score (nSPS) is 18.9. The summed E-state index contributed by atoms with van der Waals surface area (Å²) in [5.41, 5.74) is 0.832. The highest BCUT2D eigenvalue weighted by Gasteiger charge is 2.16. The van der Waals surface area contributed by atoms with Crippen LogP contribution in [0.1, 0.15) is 19.3 Å². The molecule has 104 valence electrons. The van der Waals surface area contributed by atoms with Crippen LogP contribution >= 0.6 is 0 Å². The molecule has 0 bridgehead atoms. The largest absolute Gasteiger partial charge is 0.490 e. The molecule has 6 nitrogen and oxygen atoms in total. The summed E-state index contributed by atoms with van der Waals surface area (Å²) in [6, 6.07) is 5.31. The number of nitro benzene ring substituents is 1. The average molecular weight is 265 g/mol. The van der Waals surface area contributed by atoms with Crippen LogP contribution in [0.2, 0.25) is 0 Å². The summed E-state index contributed by atoms with van der Waals surface area (Å²) in [5, 5.41) is 17.5. The van der Waals surface area contributed by atoms with Crippen molar-refractivity contribution in [1.82, 2.24) is 5.32 Å². The van der Waals surface area contributed by atoms with Crippen LogP contribution in [0.3, 0.4) is 0 Å². The van der Waals surface area contributed by atoms with E-state index in [-0.39, 0.29) is 11.4 Å².